The van der Waals surface area contributed by atoms with Crippen molar-refractivity contribution in [2.75, 3.05) is 11.1 Å². The van der Waals surface area contributed by atoms with Gasteiger partial charge in [-0.25, -0.2) is 8.78 Å². The van der Waals surface area contributed by atoms with Crippen LogP contribution in [0.2, 0.25) is 0 Å². The highest BCUT2D eigenvalue weighted by Gasteiger charge is 2.30. The number of alkyl halides is 3. The minimum Gasteiger partial charge on any atom is -0.397 e. The monoisotopic (exact) mass is 288 g/mol. The maximum absolute atomic E-state index is 13.5. The van der Waals surface area contributed by atoms with Gasteiger partial charge in [0.05, 0.1) is 11.3 Å². The summed E-state index contributed by atoms with van der Waals surface area (Å²) in [5.41, 5.74) is 4.01. The number of hydrogen-bond acceptors (Lipinski definition) is 2. The molecule has 2 aromatic carbocycles. The van der Waals surface area contributed by atoms with Crippen molar-refractivity contribution >= 4 is 17.1 Å². The van der Waals surface area contributed by atoms with Crippen molar-refractivity contribution in [2.45, 2.75) is 6.18 Å². The van der Waals surface area contributed by atoms with Crippen molar-refractivity contribution in [3.8, 4) is 0 Å². The molecule has 3 N–H and O–H groups in total. The van der Waals surface area contributed by atoms with Gasteiger partial charge in [0.1, 0.15) is 5.69 Å². The zero-order valence-electron chi connectivity index (χ0n) is 9.93. The van der Waals surface area contributed by atoms with E-state index in [2.05, 4.69) is 5.32 Å². The van der Waals surface area contributed by atoms with Gasteiger partial charge in [0, 0.05) is 5.69 Å². The first-order chi connectivity index (χ1) is 9.29. The second kappa shape index (κ2) is 4.99. The zero-order valence-corrected chi connectivity index (χ0v) is 9.93. The first-order valence-electron chi connectivity index (χ1n) is 5.47. The maximum Gasteiger partial charge on any atom is 0.416 e. The zero-order chi connectivity index (χ0) is 14.9. The van der Waals surface area contributed by atoms with Crippen molar-refractivity contribution in [3.63, 3.8) is 0 Å². The van der Waals surface area contributed by atoms with Crippen LogP contribution in [0.5, 0.6) is 0 Å². The van der Waals surface area contributed by atoms with E-state index in [0.29, 0.717) is 0 Å². The van der Waals surface area contributed by atoms with E-state index in [-0.39, 0.29) is 11.4 Å². The molecule has 0 saturated heterocycles. The van der Waals surface area contributed by atoms with Crippen LogP contribution in [0.25, 0.3) is 0 Å². The van der Waals surface area contributed by atoms with E-state index >= 15 is 0 Å². The Morgan fingerprint density at radius 2 is 1.70 bits per heavy atom. The first-order valence-corrected chi connectivity index (χ1v) is 5.47. The quantitative estimate of drug-likeness (QED) is 0.638. The molecule has 0 fully saturated rings. The predicted octanol–water partition coefficient (Wildman–Crippen LogP) is 4.31. The first kappa shape index (κ1) is 14.1. The van der Waals surface area contributed by atoms with Gasteiger partial charge in [0.15, 0.2) is 11.6 Å². The van der Waals surface area contributed by atoms with Gasteiger partial charge in [-0.2, -0.15) is 13.2 Å². The van der Waals surface area contributed by atoms with Gasteiger partial charge in [0.25, 0.3) is 0 Å². The average molecular weight is 288 g/mol. The van der Waals surface area contributed by atoms with E-state index in [1.165, 1.54) is 6.07 Å². The lowest BCUT2D eigenvalue weighted by Gasteiger charge is -2.13. The van der Waals surface area contributed by atoms with Crippen molar-refractivity contribution in [3.05, 3.63) is 53.6 Å². The van der Waals surface area contributed by atoms with Crippen molar-refractivity contribution < 1.29 is 22.0 Å². The molecule has 0 saturated carbocycles. The minimum atomic E-state index is -4.52. The Balaban J connectivity index is 2.39. The molecule has 0 aliphatic heterocycles. The Bertz CT molecular complexity index is 637. The average Bonchev–Trinajstić information content (AvgIpc) is 2.39. The SMILES string of the molecule is Nc1ccc(F)c(F)c1Nc1cccc(C(F)(F)F)c1. The molecule has 2 aromatic rings. The van der Waals surface area contributed by atoms with Gasteiger partial charge in [-0.3, -0.25) is 0 Å². The van der Waals surface area contributed by atoms with Crippen LogP contribution in [0, 0.1) is 11.6 Å². The molecule has 0 unspecified atom stereocenters. The highest BCUT2D eigenvalue weighted by molar-refractivity contribution is 5.73. The Morgan fingerprint density at radius 1 is 1.00 bits per heavy atom. The molecule has 0 heterocycles. The topological polar surface area (TPSA) is 38.0 Å². The summed E-state index contributed by atoms with van der Waals surface area (Å²) in [6.07, 6.45) is -4.52. The standard InChI is InChI=1S/C13H9F5N2/c14-9-4-5-10(19)12(11(9)15)20-8-3-1-2-7(6-8)13(16,17)18/h1-6,20H,19H2. The van der Waals surface area contributed by atoms with Gasteiger partial charge in [-0.1, -0.05) is 6.07 Å². The van der Waals surface area contributed by atoms with Crippen LogP contribution in [0.4, 0.5) is 39.0 Å². The molecule has 20 heavy (non-hydrogen) atoms. The Kier molecular flexibility index (Phi) is 3.52. The molecule has 0 atom stereocenters. The predicted molar refractivity (Wildman–Crippen MR) is 65.5 cm³/mol. The highest BCUT2D eigenvalue weighted by Crippen LogP contribution is 2.33. The number of nitrogens with two attached hydrogens (primary N) is 1. The lowest BCUT2D eigenvalue weighted by atomic mass is 10.1. The fourth-order valence-electron chi connectivity index (χ4n) is 1.61. The minimum absolute atomic E-state index is 0.0453. The van der Waals surface area contributed by atoms with Crippen LogP contribution >= 0.6 is 0 Å². The highest BCUT2D eigenvalue weighted by atomic mass is 19.4. The van der Waals surface area contributed by atoms with Gasteiger partial charge >= 0.3 is 6.18 Å². The van der Waals surface area contributed by atoms with Gasteiger partial charge in [-0.15, -0.1) is 0 Å². The van der Waals surface area contributed by atoms with E-state index in [9.17, 15) is 22.0 Å². The molecule has 2 rings (SSSR count). The van der Waals surface area contributed by atoms with E-state index in [4.69, 9.17) is 5.73 Å². The summed E-state index contributed by atoms with van der Waals surface area (Å²) in [5.74, 6) is -2.39. The summed E-state index contributed by atoms with van der Waals surface area (Å²) in [6, 6.07) is 6.05. The lowest BCUT2D eigenvalue weighted by Crippen LogP contribution is -2.06. The molecular weight excluding hydrogens is 279 g/mol. The molecule has 7 heteroatoms. The number of hydrogen-bond donors (Lipinski definition) is 2. The van der Waals surface area contributed by atoms with Crippen LogP contribution in [0.3, 0.4) is 0 Å². The van der Waals surface area contributed by atoms with Crippen LogP contribution in [0.15, 0.2) is 36.4 Å². The summed E-state index contributed by atoms with van der Waals surface area (Å²) in [7, 11) is 0. The molecule has 0 aliphatic rings. The molecule has 0 amide bonds. The maximum atomic E-state index is 13.5. The van der Waals surface area contributed by atoms with E-state index in [0.717, 1.165) is 30.3 Å². The molecule has 0 spiro atoms. The summed E-state index contributed by atoms with van der Waals surface area (Å²) in [5, 5.41) is 2.35. The van der Waals surface area contributed by atoms with Crippen LogP contribution in [0.1, 0.15) is 5.56 Å². The van der Waals surface area contributed by atoms with E-state index < -0.39 is 29.1 Å². The number of rotatable bonds is 2. The Hall–Kier alpha value is -2.31. The van der Waals surface area contributed by atoms with Gasteiger partial charge in [-0.05, 0) is 30.3 Å². The number of benzene rings is 2. The van der Waals surface area contributed by atoms with Crippen molar-refractivity contribution in [1.29, 1.82) is 0 Å². The molecule has 2 nitrogen and oxygen atoms in total. The Labute approximate surface area is 111 Å². The number of halogens is 5. The second-order valence-electron chi connectivity index (χ2n) is 4.03. The number of anilines is 3. The molecule has 0 radical (unpaired) electrons. The molecule has 106 valence electrons. The van der Waals surface area contributed by atoms with Crippen LogP contribution in [-0.2, 0) is 6.18 Å². The fraction of sp³-hybridized carbons (Fsp3) is 0.0769. The molecular formula is C13H9F5N2. The summed E-state index contributed by atoms with van der Waals surface area (Å²) in [6.45, 7) is 0. The summed E-state index contributed by atoms with van der Waals surface area (Å²) >= 11 is 0. The second-order valence-corrected chi connectivity index (χ2v) is 4.03. The van der Waals surface area contributed by atoms with E-state index in [1.54, 1.807) is 0 Å². The smallest absolute Gasteiger partial charge is 0.397 e. The Morgan fingerprint density at radius 3 is 2.35 bits per heavy atom. The fourth-order valence-corrected chi connectivity index (χ4v) is 1.61. The van der Waals surface area contributed by atoms with Crippen LogP contribution in [-0.4, -0.2) is 0 Å². The lowest BCUT2D eigenvalue weighted by molar-refractivity contribution is -0.137. The third kappa shape index (κ3) is 2.81. The van der Waals surface area contributed by atoms with Gasteiger partial charge < -0.3 is 11.1 Å². The normalized spacial score (nSPS) is 11.4. The van der Waals surface area contributed by atoms with Crippen molar-refractivity contribution in [1.82, 2.24) is 0 Å². The van der Waals surface area contributed by atoms with Gasteiger partial charge in [0.2, 0.25) is 0 Å². The van der Waals surface area contributed by atoms with Crippen LogP contribution < -0.4 is 11.1 Å². The molecule has 0 aromatic heterocycles. The van der Waals surface area contributed by atoms with Crippen molar-refractivity contribution in [2.24, 2.45) is 0 Å². The summed E-state index contributed by atoms with van der Waals surface area (Å²) < 4.78 is 64.3. The molecule has 0 bridgehead atoms. The molecule has 0 aliphatic carbocycles. The third-order valence-electron chi connectivity index (χ3n) is 2.59. The number of nitrogen functional groups attached to an aromatic ring is 1. The van der Waals surface area contributed by atoms with E-state index in [1.807, 2.05) is 0 Å². The third-order valence-corrected chi connectivity index (χ3v) is 2.59. The number of nitrogens with one attached hydrogen (secondary N) is 1. The summed E-state index contributed by atoms with van der Waals surface area (Å²) in [4.78, 5) is 0. The largest absolute Gasteiger partial charge is 0.416 e.